The summed E-state index contributed by atoms with van der Waals surface area (Å²) in [5.74, 6) is -1.78. The molecule has 1 saturated heterocycles. The average molecular weight is 534 g/mol. The standard InChI is InChI=1S/C26H30F3N5O4/c1-25(2)23(36)34(24(37)33(25)16-17-10-12-30-13-11-17)19-8-9-21(38-26(27,28)29)20(14-19)32-22(35)15-31-18-6-4-3-5-7-18/h8-14,18,31H,3-7,15-16H2,1-2H3,(H,32,35). The third kappa shape index (κ3) is 6.24. The van der Waals surface area contributed by atoms with Gasteiger partial charge in [0.25, 0.3) is 5.91 Å². The van der Waals surface area contributed by atoms with Crippen molar-refractivity contribution in [2.75, 3.05) is 16.8 Å². The molecule has 9 nitrogen and oxygen atoms in total. The lowest BCUT2D eigenvalue weighted by atomic mass is 9.95. The lowest BCUT2D eigenvalue weighted by Gasteiger charge is -2.27. The molecule has 1 aliphatic carbocycles. The van der Waals surface area contributed by atoms with E-state index in [2.05, 4.69) is 20.4 Å². The van der Waals surface area contributed by atoms with Crippen LogP contribution in [0.3, 0.4) is 0 Å². The Hall–Kier alpha value is -3.67. The van der Waals surface area contributed by atoms with Gasteiger partial charge in [0.1, 0.15) is 5.54 Å². The van der Waals surface area contributed by atoms with Gasteiger partial charge < -0.3 is 20.3 Å². The lowest BCUT2D eigenvalue weighted by Crippen LogP contribution is -2.43. The molecule has 2 heterocycles. The summed E-state index contributed by atoms with van der Waals surface area (Å²) in [4.78, 5) is 45.5. The maximum atomic E-state index is 13.4. The van der Waals surface area contributed by atoms with E-state index in [1.807, 2.05) is 0 Å². The lowest BCUT2D eigenvalue weighted by molar-refractivity contribution is -0.274. The highest BCUT2D eigenvalue weighted by Gasteiger charge is 2.52. The summed E-state index contributed by atoms with van der Waals surface area (Å²) in [5.41, 5.74) is -0.769. The molecule has 1 aromatic carbocycles. The summed E-state index contributed by atoms with van der Waals surface area (Å²) in [6, 6.07) is 6.26. The number of halogens is 3. The number of carbonyl (C=O) groups is 3. The molecule has 12 heteroatoms. The minimum atomic E-state index is -5.01. The number of benzene rings is 1. The molecule has 2 N–H and O–H groups in total. The van der Waals surface area contributed by atoms with Crippen LogP contribution >= 0.6 is 0 Å². The number of nitrogens with one attached hydrogen (secondary N) is 2. The smallest absolute Gasteiger partial charge is 0.404 e. The first-order chi connectivity index (χ1) is 18.0. The number of urea groups is 1. The second-order valence-electron chi connectivity index (χ2n) is 9.92. The molecule has 2 fully saturated rings. The fourth-order valence-electron chi connectivity index (χ4n) is 4.71. The third-order valence-corrected chi connectivity index (χ3v) is 6.79. The minimum Gasteiger partial charge on any atom is -0.404 e. The number of ether oxygens (including phenoxy) is 1. The van der Waals surface area contributed by atoms with E-state index in [-0.39, 0.29) is 30.5 Å². The second-order valence-corrected chi connectivity index (χ2v) is 9.92. The normalized spacial score (nSPS) is 18.1. The van der Waals surface area contributed by atoms with E-state index in [9.17, 15) is 27.6 Å². The van der Waals surface area contributed by atoms with Gasteiger partial charge in [0.15, 0.2) is 5.75 Å². The van der Waals surface area contributed by atoms with Crippen LogP contribution in [0.25, 0.3) is 0 Å². The molecular formula is C26H30F3N5O4. The van der Waals surface area contributed by atoms with Crippen molar-refractivity contribution in [1.82, 2.24) is 15.2 Å². The van der Waals surface area contributed by atoms with E-state index in [4.69, 9.17) is 0 Å². The van der Waals surface area contributed by atoms with Crippen molar-refractivity contribution in [1.29, 1.82) is 0 Å². The van der Waals surface area contributed by atoms with Crippen molar-refractivity contribution in [3.05, 3.63) is 48.3 Å². The van der Waals surface area contributed by atoms with Crippen molar-refractivity contribution in [3.8, 4) is 5.75 Å². The minimum absolute atomic E-state index is 0.00960. The highest BCUT2D eigenvalue weighted by molar-refractivity contribution is 6.23. The van der Waals surface area contributed by atoms with Crippen molar-refractivity contribution in [3.63, 3.8) is 0 Å². The maximum absolute atomic E-state index is 13.4. The van der Waals surface area contributed by atoms with Gasteiger partial charge in [-0.2, -0.15) is 0 Å². The first kappa shape index (κ1) is 27.4. The van der Waals surface area contributed by atoms with Gasteiger partial charge in [0.05, 0.1) is 17.9 Å². The van der Waals surface area contributed by atoms with Crippen LogP contribution in [0.2, 0.25) is 0 Å². The first-order valence-electron chi connectivity index (χ1n) is 12.4. The van der Waals surface area contributed by atoms with E-state index in [0.717, 1.165) is 54.7 Å². The molecule has 0 atom stereocenters. The van der Waals surface area contributed by atoms with Crippen molar-refractivity contribution in [2.24, 2.45) is 0 Å². The average Bonchev–Trinajstić information content (AvgIpc) is 3.03. The van der Waals surface area contributed by atoms with Gasteiger partial charge in [-0.1, -0.05) is 19.3 Å². The number of alkyl halides is 3. The fourth-order valence-corrected chi connectivity index (χ4v) is 4.71. The number of anilines is 2. The largest absolute Gasteiger partial charge is 0.573 e. The SMILES string of the molecule is CC1(C)C(=O)N(c2ccc(OC(F)(F)F)c(NC(=O)CNC3CCCCC3)c2)C(=O)N1Cc1ccncc1. The molecule has 38 heavy (non-hydrogen) atoms. The van der Waals surface area contributed by atoms with E-state index < -0.39 is 35.5 Å². The number of carbonyl (C=O) groups excluding carboxylic acids is 3. The molecular weight excluding hydrogens is 503 g/mol. The molecule has 0 radical (unpaired) electrons. The summed E-state index contributed by atoms with van der Waals surface area (Å²) in [6.07, 6.45) is 3.23. The Morgan fingerprint density at radius 3 is 2.45 bits per heavy atom. The molecule has 0 bridgehead atoms. The predicted octanol–water partition coefficient (Wildman–Crippen LogP) is 4.59. The van der Waals surface area contributed by atoms with Gasteiger partial charge in [-0.3, -0.25) is 14.6 Å². The molecule has 1 aromatic heterocycles. The van der Waals surface area contributed by atoms with Crippen LogP contribution in [-0.2, 0) is 16.1 Å². The fraction of sp³-hybridized carbons (Fsp3) is 0.462. The summed E-state index contributed by atoms with van der Waals surface area (Å²) < 4.78 is 43.3. The Bertz CT molecular complexity index is 1180. The number of nitrogens with zero attached hydrogens (tertiary/aromatic N) is 3. The highest BCUT2D eigenvalue weighted by atomic mass is 19.4. The van der Waals surface area contributed by atoms with Gasteiger partial charge in [-0.15, -0.1) is 13.2 Å². The monoisotopic (exact) mass is 533 g/mol. The van der Waals surface area contributed by atoms with E-state index >= 15 is 0 Å². The maximum Gasteiger partial charge on any atom is 0.573 e. The van der Waals surface area contributed by atoms with Crippen LogP contribution in [0.5, 0.6) is 5.75 Å². The molecule has 2 aliphatic rings. The van der Waals surface area contributed by atoms with Crippen LogP contribution in [0.15, 0.2) is 42.7 Å². The van der Waals surface area contributed by atoms with E-state index in [1.165, 1.54) is 11.0 Å². The van der Waals surface area contributed by atoms with E-state index in [1.54, 1.807) is 38.4 Å². The zero-order valence-electron chi connectivity index (χ0n) is 21.2. The first-order valence-corrected chi connectivity index (χ1v) is 12.4. The van der Waals surface area contributed by atoms with Crippen LogP contribution < -0.4 is 20.3 Å². The van der Waals surface area contributed by atoms with E-state index in [0.29, 0.717) is 0 Å². The zero-order valence-corrected chi connectivity index (χ0v) is 21.2. The second kappa shape index (κ2) is 11.0. The quantitative estimate of drug-likeness (QED) is 0.481. The highest BCUT2D eigenvalue weighted by Crippen LogP contribution is 2.38. The van der Waals surface area contributed by atoms with Crippen molar-refractivity contribution < 1.29 is 32.3 Å². The number of rotatable bonds is 8. The number of aromatic nitrogens is 1. The van der Waals surface area contributed by atoms with Gasteiger partial charge >= 0.3 is 12.4 Å². The number of hydrogen-bond donors (Lipinski definition) is 2. The number of hydrogen-bond acceptors (Lipinski definition) is 6. The van der Waals surface area contributed by atoms with Gasteiger partial charge in [0.2, 0.25) is 5.91 Å². The van der Waals surface area contributed by atoms with Gasteiger partial charge in [0, 0.05) is 25.0 Å². The molecule has 0 spiro atoms. The molecule has 2 aromatic rings. The zero-order chi connectivity index (χ0) is 27.5. The van der Waals surface area contributed by atoms with Crippen molar-refractivity contribution in [2.45, 2.75) is 70.4 Å². The number of imide groups is 1. The molecule has 1 saturated carbocycles. The topological polar surface area (TPSA) is 104 Å². The Labute approximate surface area is 218 Å². The summed E-state index contributed by atoms with van der Waals surface area (Å²) in [7, 11) is 0. The van der Waals surface area contributed by atoms with Crippen LogP contribution in [0, 0.1) is 0 Å². The van der Waals surface area contributed by atoms with Crippen LogP contribution in [0.4, 0.5) is 29.3 Å². The Morgan fingerprint density at radius 1 is 1.11 bits per heavy atom. The van der Waals surface area contributed by atoms with Gasteiger partial charge in [-0.25, -0.2) is 9.69 Å². The molecule has 4 rings (SSSR count). The summed E-state index contributed by atoms with van der Waals surface area (Å²) in [6.45, 7) is 3.21. The molecule has 0 unspecified atom stereocenters. The molecule has 204 valence electrons. The van der Waals surface area contributed by atoms with Crippen LogP contribution in [0.1, 0.15) is 51.5 Å². The van der Waals surface area contributed by atoms with Crippen molar-refractivity contribution >= 4 is 29.2 Å². The Balaban J connectivity index is 1.57. The third-order valence-electron chi connectivity index (χ3n) is 6.79. The summed E-state index contributed by atoms with van der Waals surface area (Å²) >= 11 is 0. The Morgan fingerprint density at radius 2 is 1.79 bits per heavy atom. The number of pyridine rings is 1. The Kier molecular flexibility index (Phi) is 7.91. The molecule has 4 amide bonds. The summed E-state index contributed by atoms with van der Waals surface area (Å²) in [5, 5.41) is 5.57. The predicted molar refractivity (Wildman–Crippen MR) is 133 cm³/mol. The number of amides is 4. The van der Waals surface area contributed by atoms with Gasteiger partial charge in [-0.05, 0) is 62.6 Å². The van der Waals surface area contributed by atoms with Crippen LogP contribution in [-0.4, -0.2) is 52.2 Å². The molecule has 1 aliphatic heterocycles.